The molecule has 0 saturated carbocycles. The van der Waals surface area contributed by atoms with Crippen molar-refractivity contribution in [2.45, 2.75) is 17.6 Å². The molecule has 0 radical (unpaired) electrons. The molecule has 3 aromatic carbocycles. The Morgan fingerprint density at radius 1 is 1.00 bits per heavy atom. The van der Waals surface area contributed by atoms with Crippen LogP contribution in [0.1, 0.15) is 16.7 Å². The fourth-order valence-corrected chi connectivity index (χ4v) is 4.23. The maximum Gasteiger partial charge on any atom is 0.261 e. The molecular formula is C22H22N4O2S2. The fraction of sp³-hybridized carbons (Fsp3) is 0.0909. The molecule has 0 aliphatic rings. The van der Waals surface area contributed by atoms with Crippen molar-refractivity contribution < 1.29 is 8.42 Å². The predicted molar refractivity (Wildman–Crippen MR) is 125 cm³/mol. The quantitative estimate of drug-likeness (QED) is 0.325. The summed E-state index contributed by atoms with van der Waals surface area (Å²) in [5.74, 6) is 0.693. The number of nitrogens with zero attached hydrogens (tertiary/aromatic N) is 2. The summed E-state index contributed by atoms with van der Waals surface area (Å²) in [4.78, 5) is 0.194. The monoisotopic (exact) mass is 438 g/mol. The number of hydrogen-bond donors (Lipinski definition) is 2. The molecule has 0 heterocycles. The Morgan fingerprint density at radius 2 is 1.67 bits per heavy atom. The molecule has 0 atom stereocenters. The summed E-state index contributed by atoms with van der Waals surface area (Å²) in [5.41, 5.74) is 9.02. The number of nitrogens with one attached hydrogen (secondary N) is 1. The van der Waals surface area contributed by atoms with E-state index >= 15 is 0 Å². The van der Waals surface area contributed by atoms with Gasteiger partial charge >= 0.3 is 0 Å². The van der Waals surface area contributed by atoms with Gasteiger partial charge in [0.2, 0.25) is 0 Å². The molecule has 3 rings (SSSR count). The largest absolute Gasteiger partial charge is 0.377 e. The van der Waals surface area contributed by atoms with E-state index in [2.05, 4.69) is 14.9 Å². The first kappa shape index (κ1) is 21.6. The first-order chi connectivity index (χ1) is 14.4. The van der Waals surface area contributed by atoms with Gasteiger partial charge in [-0.2, -0.15) is 5.10 Å². The van der Waals surface area contributed by atoms with Crippen LogP contribution in [0.5, 0.6) is 0 Å². The second-order valence-electron chi connectivity index (χ2n) is 6.46. The van der Waals surface area contributed by atoms with Crippen LogP contribution in [0, 0.1) is 6.92 Å². The molecule has 154 valence electrons. The van der Waals surface area contributed by atoms with Gasteiger partial charge in [0.05, 0.1) is 16.8 Å². The van der Waals surface area contributed by atoms with Crippen molar-refractivity contribution in [2.24, 2.45) is 15.9 Å². The van der Waals surface area contributed by atoms with Crippen molar-refractivity contribution in [1.29, 1.82) is 0 Å². The minimum absolute atomic E-state index is 0.194. The van der Waals surface area contributed by atoms with Gasteiger partial charge in [-0.1, -0.05) is 78.0 Å². The number of aryl methyl sites for hydroxylation is 1. The Hall–Kier alpha value is -3.10. The second-order valence-corrected chi connectivity index (χ2v) is 9.14. The van der Waals surface area contributed by atoms with Crippen molar-refractivity contribution in [3.63, 3.8) is 0 Å². The zero-order valence-electron chi connectivity index (χ0n) is 16.4. The topological polar surface area (TPSA) is 96.9 Å². The number of rotatable bonds is 7. The number of amidine groups is 1. The van der Waals surface area contributed by atoms with E-state index in [-0.39, 0.29) is 4.90 Å². The van der Waals surface area contributed by atoms with Gasteiger partial charge in [0.1, 0.15) is 0 Å². The van der Waals surface area contributed by atoms with Crippen molar-refractivity contribution in [3.05, 3.63) is 95.6 Å². The van der Waals surface area contributed by atoms with Gasteiger partial charge < -0.3 is 5.73 Å². The summed E-state index contributed by atoms with van der Waals surface area (Å²) in [5, 5.41) is 8.33. The molecular weight excluding hydrogens is 416 g/mol. The summed E-state index contributed by atoms with van der Waals surface area (Å²) in [7, 11) is -3.71. The zero-order valence-corrected chi connectivity index (χ0v) is 18.0. The molecule has 0 saturated heterocycles. The number of sulfonamides is 1. The predicted octanol–water partition coefficient (Wildman–Crippen LogP) is 4.38. The number of nitrogens with two attached hydrogens (primary N) is 1. The van der Waals surface area contributed by atoms with E-state index in [1.165, 1.54) is 18.0 Å². The van der Waals surface area contributed by atoms with Crippen molar-refractivity contribution >= 4 is 38.9 Å². The fourth-order valence-electron chi connectivity index (χ4n) is 2.53. The number of para-hydroxylation sites is 1. The van der Waals surface area contributed by atoms with E-state index in [1.807, 2.05) is 37.3 Å². The number of anilines is 1. The Labute approximate surface area is 181 Å². The van der Waals surface area contributed by atoms with Gasteiger partial charge in [0, 0.05) is 11.3 Å². The molecule has 0 spiro atoms. The average Bonchev–Trinajstić information content (AvgIpc) is 2.74. The normalized spacial score (nSPS) is 12.2. The average molecular weight is 439 g/mol. The first-order valence-electron chi connectivity index (χ1n) is 9.16. The molecule has 30 heavy (non-hydrogen) atoms. The van der Waals surface area contributed by atoms with Crippen LogP contribution in [0.4, 0.5) is 5.69 Å². The summed E-state index contributed by atoms with van der Waals surface area (Å²) in [6.45, 7) is 1.90. The number of thioether (sulfide) groups is 1. The number of benzene rings is 3. The van der Waals surface area contributed by atoms with Gasteiger partial charge in [0.25, 0.3) is 10.0 Å². The Balaban J connectivity index is 1.69. The maximum atomic E-state index is 12.7. The van der Waals surface area contributed by atoms with Crippen molar-refractivity contribution in [3.8, 4) is 0 Å². The SMILES string of the molecule is Cc1ccc(S(=O)(=O)Nc2ccccc2C=NN=C(N)SCc2ccccc2)cc1. The molecule has 0 bridgehead atoms. The van der Waals surface area contributed by atoms with Gasteiger partial charge in [-0.15, -0.1) is 5.10 Å². The van der Waals surface area contributed by atoms with E-state index in [0.717, 1.165) is 11.1 Å². The van der Waals surface area contributed by atoms with Crippen LogP contribution in [0.2, 0.25) is 0 Å². The summed E-state index contributed by atoms with van der Waals surface area (Å²) >= 11 is 1.38. The Kier molecular flexibility index (Phi) is 7.26. The molecule has 6 nitrogen and oxygen atoms in total. The van der Waals surface area contributed by atoms with Crippen LogP contribution in [0.3, 0.4) is 0 Å². The van der Waals surface area contributed by atoms with Gasteiger partial charge in [-0.3, -0.25) is 4.72 Å². The molecule has 0 unspecified atom stereocenters. The van der Waals surface area contributed by atoms with E-state index < -0.39 is 10.0 Å². The standard InChI is InChI=1S/C22H22N4O2S2/c1-17-11-13-20(14-12-17)30(27,28)26-21-10-6-5-9-19(21)15-24-25-22(23)29-16-18-7-3-2-4-8-18/h2-15,26H,16H2,1H3,(H2,23,25). The van der Waals surface area contributed by atoms with Crippen LogP contribution in [-0.4, -0.2) is 19.8 Å². The third kappa shape index (κ3) is 6.20. The van der Waals surface area contributed by atoms with Crippen LogP contribution in [0.25, 0.3) is 0 Å². The highest BCUT2D eigenvalue weighted by atomic mass is 32.2. The molecule has 0 aliphatic carbocycles. The summed E-state index contributed by atoms with van der Waals surface area (Å²) in [6, 6.07) is 23.5. The Morgan fingerprint density at radius 3 is 2.40 bits per heavy atom. The van der Waals surface area contributed by atoms with Crippen LogP contribution < -0.4 is 10.5 Å². The van der Waals surface area contributed by atoms with E-state index in [9.17, 15) is 8.42 Å². The van der Waals surface area contributed by atoms with Gasteiger partial charge in [-0.25, -0.2) is 8.42 Å². The smallest absolute Gasteiger partial charge is 0.261 e. The lowest BCUT2D eigenvalue weighted by Crippen LogP contribution is -2.14. The van der Waals surface area contributed by atoms with Gasteiger partial charge in [-0.05, 0) is 30.7 Å². The molecule has 0 aliphatic heterocycles. The summed E-state index contributed by atoms with van der Waals surface area (Å²) < 4.78 is 27.9. The van der Waals surface area contributed by atoms with Crippen LogP contribution in [0.15, 0.2) is 94.0 Å². The molecule has 3 N–H and O–H groups in total. The number of hydrogen-bond acceptors (Lipinski definition) is 5. The Bertz CT molecular complexity index is 1140. The highest BCUT2D eigenvalue weighted by Crippen LogP contribution is 2.19. The van der Waals surface area contributed by atoms with Gasteiger partial charge in [0.15, 0.2) is 5.17 Å². The zero-order chi connectivity index (χ0) is 21.4. The third-order valence-corrected chi connectivity index (χ3v) is 6.36. The molecule has 3 aromatic rings. The lowest BCUT2D eigenvalue weighted by atomic mass is 10.2. The molecule has 8 heteroatoms. The minimum Gasteiger partial charge on any atom is -0.377 e. The minimum atomic E-state index is -3.71. The van der Waals surface area contributed by atoms with E-state index in [0.29, 0.717) is 22.2 Å². The summed E-state index contributed by atoms with van der Waals surface area (Å²) in [6.07, 6.45) is 1.48. The highest BCUT2D eigenvalue weighted by Gasteiger charge is 2.15. The van der Waals surface area contributed by atoms with Crippen LogP contribution >= 0.6 is 11.8 Å². The maximum absolute atomic E-state index is 12.7. The van der Waals surface area contributed by atoms with E-state index in [4.69, 9.17) is 5.73 Å². The van der Waals surface area contributed by atoms with Crippen molar-refractivity contribution in [2.75, 3.05) is 4.72 Å². The van der Waals surface area contributed by atoms with Crippen LogP contribution in [-0.2, 0) is 15.8 Å². The third-order valence-electron chi connectivity index (χ3n) is 4.12. The van der Waals surface area contributed by atoms with E-state index in [1.54, 1.807) is 48.5 Å². The lowest BCUT2D eigenvalue weighted by Gasteiger charge is -2.10. The molecule has 0 fully saturated rings. The molecule has 0 aromatic heterocycles. The lowest BCUT2D eigenvalue weighted by molar-refractivity contribution is 0.601. The highest BCUT2D eigenvalue weighted by molar-refractivity contribution is 8.13. The van der Waals surface area contributed by atoms with Crippen molar-refractivity contribution in [1.82, 2.24) is 0 Å². The second kappa shape index (κ2) is 10.1. The molecule has 0 amide bonds. The first-order valence-corrected chi connectivity index (χ1v) is 11.6.